The highest BCUT2D eigenvalue weighted by molar-refractivity contribution is 5.36. The fraction of sp³-hybridized carbons (Fsp3) is 0.667. The number of nitrogens with zero attached hydrogens (tertiary/aromatic N) is 3. The molecule has 2 heterocycles. The summed E-state index contributed by atoms with van der Waals surface area (Å²) in [5.74, 6) is 7.14. The minimum absolute atomic E-state index is 0.576. The van der Waals surface area contributed by atoms with Gasteiger partial charge < -0.3 is 10.2 Å². The number of nitrogens with two attached hydrogens (primary N) is 1. The summed E-state index contributed by atoms with van der Waals surface area (Å²) in [5, 5.41) is 0. The Labute approximate surface area is 108 Å². The maximum Gasteiger partial charge on any atom is 0.218 e. The molecule has 0 amide bonds. The summed E-state index contributed by atoms with van der Waals surface area (Å²) in [6, 6.07) is 1.71. The standard InChI is InChI=1S/C12H21N5O/c1-10-14-11(16-13)9-12(15-10)18-8-7-17-5-3-2-4-6-17/h9H,2-8,13H2,1H3,(H,14,15,16). The number of nitrogen functional groups attached to an aromatic ring is 1. The van der Waals surface area contributed by atoms with E-state index in [1.807, 2.05) is 6.92 Å². The van der Waals surface area contributed by atoms with Gasteiger partial charge in [-0.25, -0.2) is 10.8 Å². The van der Waals surface area contributed by atoms with Crippen molar-refractivity contribution in [3.63, 3.8) is 0 Å². The van der Waals surface area contributed by atoms with Crippen LogP contribution in [0.3, 0.4) is 0 Å². The van der Waals surface area contributed by atoms with Gasteiger partial charge in [-0.2, -0.15) is 4.98 Å². The van der Waals surface area contributed by atoms with E-state index in [-0.39, 0.29) is 0 Å². The number of hydrazine groups is 1. The number of hydrogen-bond acceptors (Lipinski definition) is 6. The summed E-state index contributed by atoms with van der Waals surface area (Å²) < 4.78 is 5.64. The summed E-state index contributed by atoms with van der Waals surface area (Å²) in [5.41, 5.74) is 2.51. The summed E-state index contributed by atoms with van der Waals surface area (Å²) in [6.07, 6.45) is 3.95. The van der Waals surface area contributed by atoms with E-state index in [1.165, 1.54) is 32.4 Å². The first-order valence-corrected chi connectivity index (χ1v) is 6.45. The van der Waals surface area contributed by atoms with Gasteiger partial charge in [0.2, 0.25) is 5.88 Å². The maximum absolute atomic E-state index is 5.64. The fourth-order valence-electron chi connectivity index (χ4n) is 2.15. The van der Waals surface area contributed by atoms with Crippen LogP contribution in [-0.2, 0) is 0 Å². The lowest BCUT2D eigenvalue weighted by Gasteiger charge is -2.26. The molecule has 6 nitrogen and oxygen atoms in total. The molecule has 0 bridgehead atoms. The van der Waals surface area contributed by atoms with Crippen LogP contribution >= 0.6 is 0 Å². The van der Waals surface area contributed by atoms with Crippen molar-refractivity contribution in [1.29, 1.82) is 0 Å². The second kappa shape index (κ2) is 6.51. The third kappa shape index (κ3) is 3.82. The van der Waals surface area contributed by atoms with E-state index in [1.54, 1.807) is 6.07 Å². The van der Waals surface area contributed by atoms with Crippen molar-refractivity contribution in [2.24, 2.45) is 5.84 Å². The Bertz CT molecular complexity index is 379. The second-order valence-electron chi connectivity index (χ2n) is 4.53. The molecule has 0 saturated carbocycles. The van der Waals surface area contributed by atoms with E-state index in [2.05, 4.69) is 20.3 Å². The van der Waals surface area contributed by atoms with Gasteiger partial charge in [-0.3, -0.25) is 4.90 Å². The number of ether oxygens (including phenoxy) is 1. The first-order chi connectivity index (χ1) is 8.78. The van der Waals surface area contributed by atoms with Crippen LogP contribution in [0.15, 0.2) is 6.07 Å². The number of aromatic nitrogens is 2. The lowest BCUT2D eigenvalue weighted by atomic mass is 10.1. The Balaban J connectivity index is 1.80. The van der Waals surface area contributed by atoms with Crippen molar-refractivity contribution in [1.82, 2.24) is 14.9 Å². The van der Waals surface area contributed by atoms with Crippen molar-refractivity contribution in [2.45, 2.75) is 26.2 Å². The molecule has 6 heteroatoms. The molecule has 2 rings (SSSR count). The zero-order chi connectivity index (χ0) is 12.8. The highest BCUT2D eigenvalue weighted by Gasteiger charge is 2.10. The monoisotopic (exact) mass is 251 g/mol. The van der Waals surface area contributed by atoms with Crippen LogP contribution in [0, 0.1) is 6.92 Å². The molecule has 0 radical (unpaired) electrons. The van der Waals surface area contributed by atoms with Crippen LogP contribution in [0.5, 0.6) is 5.88 Å². The molecule has 18 heavy (non-hydrogen) atoms. The van der Waals surface area contributed by atoms with Crippen molar-refractivity contribution >= 4 is 5.82 Å². The number of aryl methyl sites for hydroxylation is 1. The molecule has 1 aliphatic rings. The first-order valence-electron chi connectivity index (χ1n) is 6.45. The van der Waals surface area contributed by atoms with Gasteiger partial charge in [0.05, 0.1) is 0 Å². The Morgan fingerprint density at radius 2 is 2.11 bits per heavy atom. The number of hydrogen-bond donors (Lipinski definition) is 2. The predicted octanol–water partition coefficient (Wildman–Crippen LogP) is 0.935. The van der Waals surface area contributed by atoms with E-state index in [0.717, 1.165) is 6.54 Å². The van der Waals surface area contributed by atoms with Crippen LogP contribution in [0.4, 0.5) is 5.82 Å². The summed E-state index contributed by atoms with van der Waals surface area (Å²) in [6.45, 7) is 5.79. The van der Waals surface area contributed by atoms with Gasteiger partial charge in [-0.15, -0.1) is 0 Å². The average molecular weight is 251 g/mol. The summed E-state index contributed by atoms with van der Waals surface area (Å²) in [7, 11) is 0. The average Bonchev–Trinajstić information content (AvgIpc) is 2.39. The third-order valence-corrected chi connectivity index (χ3v) is 3.07. The topological polar surface area (TPSA) is 76.3 Å². The van der Waals surface area contributed by atoms with Gasteiger partial charge in [0.1, 0.15) is 18.2 Å². The third-order valence-electron chi connectivity index (χ3n) is 3.07. The molecule has 1 saturated heterocycles. The van der Waals surface area contributed by atoms with Gasteiger partial charge in [0, 0.05) is 12.6 Å². The Morgan fingerprint density at radius 3 is 2.83 bits per heavy atom. The minimum atomic E-state index is 0.576. The van der Waals surface area contributed by atoms with Gasteiger partial charge in [-0.05, 0) is 32.9 Å². The van der Waals surface area contributed by atoms with Crippen LogP contribution in [-0.4, -0.2) is 41.1 Å². The maximum atomic E-state index is 5.64. The molecule has 0 aliphatic carbocycles. The van der Waals surface area contributed by atoms with E-state index >= 15 is 0 Å². The van der Waals surface area contributed by atoms with Crippen LogP contribution in [0.2, 0.25) is 0 Å². The first kappa shape index (κ1) is 13.0. The highest BCUT2D eigenvalue weighted by atomic mass is 16.5. The largest absolute Gasteiger partial charge is 0.476 e. The van der Waals surface area contributed by atoms with E-state index < -0.39 is 0 Å². The fourth-order valence-corrected chi connectivity index (χ4v) is 2.15. The number of piperidine rings is 1. The Hall–Kier alpha value is -1.40. The Kier molecular flexibility index (Phi) is 4.72. The van der Waals surface area contributed by atoms with Crippen molar-refractivity contribution in [3.05, 3.63) is 11.9 Å². The van der Waals surface area contributed by atoms with Crippen LogP contribution < -0.4 is 16.0 Å². The molecule has 0 spiro atoms. The molecule has 0 unspecified atom stereocenters. The van der Waals surface area contributed by atoms with Crippen LogP contribution in [0.25, 0.3) is 0 Å². The lowest BCUT2D eigenvalue weighted by molar-refractivity contribution is 0.180. The SMILES string of the molecule is Cc1nc(NN)cc(OCCN2CCCCC2)n1. The van der Waals surface area contributed by atoms with Crippen molar-refractivity contribution in [2.75, 3.05) is 31.7 Å². The zero-order valence-corrected chi connectivity index (χ0v) is 10.9. The quantitative estimate of drug-likeness (QED) is 0.599. The molecular weight excluding hydrogens is 230 g/mol. The smallest absolute Gasteiger partial charge is 0.218 e. The molecule has 100 valence electrons. The lowest BCUT2D eigenvalue weighted by Crippen LogP contribution is -2.33. The molecule has 1 aromatic rings. The highest BCUT2D eigenvalue weighted by Crippen LogP contribution is 2.13. The van der Waals surface area contributed by atoms with Crippen LogP contribution in [0.1, 0.15) is 25.1 Å². The molecule has 1 aliphatic heterocycles. The normalized spacial score (nSPS) is 16.6. The number of likely N-dealkylation sites (tertiary alicyclic amines) is 1. The number of nitrogens with one attached hydrogen (secondary N) is 1. The molecule has 3 N–H and O–H groups in total. The summed E-state index contributed by atoms with van der Waals surface area (Å²) >= 11 is 0. The predicted molar refractivity (Wildman–Crippen MR) is 70.4 cm³/mol. The number of anilines is 1. The van der Waals surface area contributed by atoms with Crippen molar-refractivity contribution < 1.29 is 4.74 Å². The van der Waals surface area contributed by atoms with Gasteiger partial charge in [-0.1, -0.05) is 6.42 Å². The second-order valence-corrected chi connectivity index (χ2v) is 4.53. The van der Waals surface area contributed by atoms with E-state index in [0.29, 0.717) is 24.1 Å². The van der Waals surface area contributed by atoms with E-state index in [4.69, 9.17) is 10.6 Å². The van der Waals surface area contributed by atoms with Crippen molar-refractivity contribution in [3.8, 4) is 5.88 Å². The summed E-state index contributed by atoms with van der Waals surface area (Å²) in [4.78, 5) is 10.8. The Morgan fingerprint density at radius 1 is 1.33 bits per heavy atom. The van der Waals surface area contributed by atoms with Gasteiger partial charge >= 0.3 is 0 Å². The minimum Gasteiger partial charge on any atom is -0.476 e. The van der Waals surface area contributed by atoms with Gasteiger partial charge in [0.15, 0.2) is 0 Å². The molecule has 1 aromatic heterocycles. The van der Waals surface area contributed by atoms with E-state index in [9.17, 15) is 0 Å². The van der Waals surface area contributed by atoms with Gasteiger partial charge in [0.25, 0.3) is 0 Å². The molecular formula is C12H21N5O. The zero-order valence-electron chi connectivity index (χ0n) is 10.9. The molecule has 1 fully saturated rings. The molecule has 0 atom stereocenters. The number of rotatable bonds is 5. The molecule has 0 aromatic carbocycles.